The highest BCUT2D eigenvalue weighted by Crippen LogP contribution is 2.33. The molecule has 6 nitrogen and oxygen atoms in total. The Morgan fingerprint density at radius 3 is 2.82 bits per heavy atom. The van der Waals surface area contributed by atoms with Crippen LogP contribution in [0.1, 0.15) is 17.8 Å². The molecule has 0 saturated heterocycles. The first-order valence-corrected chi connectivity index (χ1v) is 5.53. The zero-order valence-electron chi connectivity index (χ0n) is 9.84. The number of rotatable bonds is 4. The first-order valence-electron chi connectivity index (χ1n) is 5.53. The average molecular weight is 237 g/mol. The van der Waals surface area contributed by atoms with Crippen molar-refractivity contribution in [1.29, 1.82) is 0 Å². The van der Waals surface area contributed by atoms with Crippen LogP contribution in [0.5, 0.6) is 0 Å². The Morgan fingerprint density at radius 2 is 2.35 bits per heavy atom. The molecule has 92 valence electrons. The molecule has 1 aliphatic carbocycles. The van der Waals surface area contributed by atoms with Crippen molar-refractivity contribution in [1.82, 2.24) is 9.88 Å². The minimum absolute atomic E-state index is 0.217. The molecule has 0 bridgehead atoms. The monoisotopic (exact) mass is 237 g/mol. The summed E-state index contributed by atoms with van der Waals surface area (Å²) in [6, 6.07) is 3.23. The summed E-state index contributed by atoms with van der Waals surface area (Å²) < 4.78 is 1.98. The first-order chi connectivity index (χ1) is 8.00. The Kier molecular flexibility index (Phi) is 2.87. The fraction of sp³-hybridized carbons (Fsp3) is 0.545. The van der Waals surface area contributed by atoms with Gasteiger partial charge in [-0.3, -0.25) is 14.9 Å². The van der Waals surface area contributed by atoms with Crippen LogP contribution in [0.2, 0.25) is 0 Å². The van der Waals surface area contributed by atoms with E-state index in [-0.39, 0.29) is 10.8 Å². The molecule has 2 rings (SSSR count). The van der Waals surface area contributed by atoms with Crippen LogP contribution in [0.4, 0.5) is 0 Å². The number of amides is 1. The van der Waals surface area contributed by atoms with Crippen LogP contribution in [-0.4, -0.2) is 21.4 Å². The molecule has 2 atom stereocenters. The molecular formula is C11H15N3O3. The lowest BCUT2D eigenvalue weighted by atomic mass is 10.3. The number of nitro groups is 1. The van der Waals surface area contributed by atoms with Gasteiger partial charge < -0.3 is 9.88 Å². The summed E-state index contributed by atoms with van der Waals surface area (Å²) in [5.41, 5.74) is 2.11. The van der Waals surface area contributed by atoms with E-state index in [0.717, 1.165) is 11.4 Å². The normalized spacial score (nSPS) is 22.2. The lowest BCUT2D eigenvalue weighted by Gasteiger charge is -2.06. The fourth-order valence-electron chi connectivity index (χ4n) is 1.85. The molecule has 1 amide bonds. The molecule has 0 spiro atoms. The van der Waals surface area contributed by atoms with E-state index < -0.39 is 12.0 Å². The molecule has 6 heteroatoms. The lowest BCUT2D eigenvalue weighted by Crippen LogP contribution is -2.27. The van der Waals surface area contributed by atoms with Crippen LogP contribution < -0.4 is 5.32 Å². The topological polar surface area (TPSA) is 77.2 Å². The molecule has 17 heavy (non-hydrogen) atoms. The van der Waals surface area contributed by atoms with Gasteiger partial charge >= 0.3 is 0 Å². The van der Waals surface area contributed by atoms with Crippen LogP contribution in [0.3, 0.4) is 0 Å². The van der Waals surface area contributed by atoms with Gasteiger partial charge in [-0.2, -0.15) is 0 Å². The number of aryl methyl sites for hydroxylation is 1. The van der Waals surface area contributed by atoms with E-state index >= 15 is 0 Å². The Labute approximate surface area is 98.8 Å². The van der Waals surface area contributed by atoms with Gasteiger partial charge in [0.25, 0.3) is 0 Å². The van der Waals surface area contributed by atoms with Crippen molar-refractivity contribution in [2.24, 2.45) is 13.0 Å². The second-order valence-corrected chi connectivity index (χ2v) is 4.44. The number of aromatic nitrogens is 1. The Bertz CT molecular complexity index is 467. The highest BCUT2D eigenvalue weighted by Gasteiger charge is 2.53. The number of carbonyl (C=O) groups is 1. The van der Waals surface area contributed by atoms with Gasteiger partial charge in [0.15, 0.2) is 0 Å². The van der Waals surface area contributed by atoms with Crippen molar-refractivity contribution in [2.75, 3.05) is 0 Å². The number of hydrogen-bond acceptors (Lipinski definition) is 3. The summed E-state index contributed by atoms with van der Waals surface area (Å²) in [6.45, 7) is 2.40. The number of nitrogens with zero attached hydrogens (tertiary/aromatic N) is 2. The van der Waals surface area contributed by atoms with Crippen molar-refractivity contribution in [3.63, 3.8) is 0 Å². The van der Waals surface area contributed by atoms with Crippen molar-refractivity contribution in [3.05, 3.63) is 33.6 Å². The molecule has 1 fully saturated rings. The van der Waals surface area contributed by atoms with E-state index in [1.165, 1.54) is 0 Å². The Morgan fingerprint density at radius 1 is 1.65 bits per heavy atom. The number of hydrogen-bond donors (Lipinski definition) is 1. The maximum atomic E-state index is 11.6. The smallest absolute Gasteiger partial charge is 0.230 e. The van der Waals surface area contributed by atoms with Crippen LogP contribution in [0.25, 0.3) is 0 Å². The first kappa shape index (κ1) is 11.6. The van der Waals surface area contributed by atoms with E-state index in [1.54, 1.807) is 0 Å². The molecule has 0 radical (unpaired) electrons. The van der Waals surface area contributed by atoms with Gasteiger partial charge in [-0.05, 0) is 19.1 Å². The molecule has 0 unspecified atom stereocenters. The molecule has 1 aromatic heterocycles. The largest absolute Gasteiger partial charge is 0.350 e. The van der Waals surface area contributed by atoms with Gasteiger partial charge in [0, 0.05) is 29.8 Å². The average Bonchev–Trinajstić information content (AvgIpc) is 3.02. The molecule has 1 aliphatic rings. The van der Waals surface area contributed by atoms with Crippen LogP contribution in [0, 0.1) is 23.0 Å². The van der Waals surface area contributed by atoms with E-state index in [1.807, 2.05) is 30.7 Å². The Hall–Kier alpha value is -1.85. The second kappa shape index (κ2) is 4.20. The third-order valence-electron chi connectivity index (χ3n) is 3.28. The van der Waals surface area contributed by atoms with Gasteiger partial charge in [0.1, 0.15) is 5.92 Å². The summed E-state index contributed by atoms with van der Waals surface area (Å²) in [5.74, 6) is -0.656. The third kappa shape index (κ3) is 2.30. The van der Waals surface area contributed by atoms with E-state index in [2.05, 4.69) is 5.32 Å². The molecule has 0 aromatic carbocycles. The number of nitrogens with one attached hydrogen (secondary N) is 1. The van der Waals surface area contributed by atoms with Crippen LogP contribution in [-0.2, 0) is 18.4 Å². The minimum atomic E-state index is -0.676. The summed E-state index contributed by atoms with van der Waals surface area (Å²) >= 11 is 0. The summed E-state index contributed by atoms with van der Waals surface area (Å²) in [4.78, 5) is 21.6. The van der Waals surface area contributed by atoms with Gasteiger partial charge in [-0.15, -0.1) is 0 Å². The van der Waals surface area contributed by atoms with Crippen LogP contribution >= 0.6 is 0 Å². The van der Waals surface area contributed by atoms with Crippen molar-refractivity contribution in [2.45, 2.75) is 25.9 Å². The molecule has 1 aromatic rings. The number of carbonyl (C=O) groups excluding carboxylic acids is 1. The summed E-state index contributed by atoms with van der Waals surface area (Å²) in [7, 11) is 1.92. The SMILES string of the molecule is Cc1ccc(CNC(=O)[C@@H]2C[C@@H]2[N+](=O)[O-])n1C. The maximum absolute atomic E-state index is 11.6. The van der Waals surface area contributed by atoms with Gasteiger partial charge in [-0.25, -0.2) is 0 Å². The predicted molar refractivity (Wildman–Crippen MR) is 60.9 cm³/mol. The van der Waals surface area contributed by atoms with E-state index in [9.17, 15) is 14.9 Å². The summed E-state index contributed by atoms with van der Waals surface area (Å²) in [6.07, 6.45) is 0.366. The molecule has 1 N–H and O–H groups in total. The highest BCUT2D eigenvalue weighted by molar-refractivity contribution is 5.81. The predicted octanol–water partition coefficient (Wildman–Crippen LogP) is 0.615. The van der Waals surface area contributed by atoms with Gasteiger partial charge in [-0.1, -0.05) is 0 Å². The lowest BCUT2D eigenvalue weighted by molar-refractivity contribution is -0.497. The zero-order valence-corrected chi connectivity index (χ0v) is 9.84. The minimum Gasteiger partial charge on any atom is -0.350 e. The van der Waals surface area contributed by atoms with Gasteiger partial charge in [0.2, 0.25) is 11.9 Å². The van der Waals surface area contributed by atoms with Gasteiger partial charge in [0.05, 0.1) is 6.54 Å². The van der Waals surface area contributed by atoms with E-state index in [4.69, 9.17) is 0 Å². The Balaban J connectivity index is 1.85. The quantitative estimate of drug-likeness (QED) is 0.615. The highest BCUT2D eigenvalue weighted by atomic mass is 16.6. The maximum Gasteiger partial charge on any atom is 0.230 e. The molecular weight excluding hydrogens is 222 g/mol. The van der Waals surface area contributed by atoms with Crippen molar-refractivity contribution < 1.29 is 9.72 Å². The molecule has 0 aliphatic heterocycles. The molecule has 1 saturated carbocycles. The van der Waals surface area contributed by atoms with Crippen molar-refractivity contribution >= 4 is 5.91 Å². The fourth-order valence-corrected chi connectivity index (χ4v) is 1.85. The standard InChI is InChI=1S/C11H15N3O3/c1-7-3-4-8(13(7)2)6-12-11(15)9-5-10(9)14(16)17/h3-4,9-10H,5-6H2,1-2H3,(H,12,15)/t9-,10+/m1/s1. The van der Waals surface area contributed by atoms with E-state index in [0.29, 0.717) is 13.0 Å². The molecule has 1 heterocycles. The van der Waals surface area contributed by atoms with Crippen molar-refractivity contribution in [3.8, 4) is 0 Å². The summed E-state index contributed by atoms with van der Waals surface area (Å²) in [5, 5.41) is 13.2. The second-order valence-electron chi connectivity index (χ2n) is 4.44. The third-order valence-corrected chi connectivity index (χ3v) is 3.28. The zero-order chi connectivity index (χ0) is 12.6. The van der Waals surface area contributed by atoms with Crippen LogP contribution in [0.15, 0.2) is 12.1 Å².